The first-order valence-corrected chi connectivity index (χ1v) is 6.75. The van der Waals surface area contributed by atoms with Crippen LogP contribution in [0.3, 0.4) is 0 Å². The fraction of sp³-hybridized carbons (Fsp3) is 0.538. The molecule has 0 spiro atoms. The van der Waals surface area contributed by atoms with E-state index in [2.05, 4.69) is 55.0 Å². The topological polar surface area (TPSA) is 12.0 Å². The molecular formula is C13H17BrClN. The van der Waals surface area contributed by atoms with Crippen LogP contribution >= 0.6 is 27.5 Å². The first-order chi connectivity index (χ1) is 7.32. The SMILES string of the molecule is Cc1c(Cl)c(Br)cc2c1NC(C)(C)CC2C. The second-order valence-corrected chi connectivity index (χ2v) is 6.61. The van der Waals surface area contributed by atoms with Crippen molar-refractivity contribution in [1.29, 1.82) is 0 Å². The van der Waals surface area contributed by atoms with Gasteiger partial charge in [-0.15, -0.1) is 0 Å². The van der Waals surface area contributed by atoms with Crippen molar-refractivity contribution in [3.05, 3.63) is 26.7 Å². The fourth-order valence-corrected chi connectivity index (χ4v) is 3.29. The van der Waals surface area contributed by atoms with Gasteiger partial charge in [0.05, 0.1) is 5.02 Å². The van der Waals surface area contributed by atoms with E-state index in [0.29, 0.717) is 5.92 Å². The van der Waals surface area contributed by atoms with Gasteiger partial charge in [0, 0.05) is 15.7 Å². The number of halogens is 2. The van der Waals surface area contributed by atoms with Crippen LogP contribution < -0.4 is 5.32 Å². The van der Waals surface area contributed by atoms with Crippen LogP contribution in [0.5, 0.6) is 0 Å². The van der Waals surface area contributed by atoms with Crippen molar-refractivity contribution in [1.82, 2.24) is 0 Å². The van der Waals surface area contributed by atoms with Crippen molar-refractivity contribution in [2.75, 3.05) is 5.32 Å². The van der Waals surface area contributed by atoms with Gasteiger partial charge in [-0.3, -0.25) is 0 Å². The zero-order valence-electron chi connectivity index (χ0n) is 10.1. The Morgan fingerprint density at radius 2 is 2.12 bits per heavy atom. The van der Waals surface area contributed by atoms with Gasteiger partial charge in [-0.05, 0) is 66.2 Å². The van der Waals surface area contributed by atoms with Gasteiger partial charge in [0.15, 0.2) is 0 Å². The molecule has 1 unspecified atom stereocenters. The van der Waals surface area contributed by atoms with E-state index in [9.17, 15) is 0 Å². The average Bonchev–Trinajstić information content (AvgIpc) is 2.16. The van der Waals surface area contributed by atoms with Crippen molar-refractivity contribution in [2.45, 2.75) is 45.6 Å². The second kappa shape index (κ2) is 3.92. The molecule has 2 rings (SSSR count). The number of rotatable bonds is 0. The Morgan fingerprint density at radius 3 is 2.75 bits per heavy atom. The minimum absolute atomic E-state index is 0.147. The number of fused-ring (bicyclic) bond motifs is 1. The maximum absolute atomic E-state index is 6.27. The van der Waals surface area contributed by atoms with E-state index in [1.807, 2.05) is 0 Å². The summed E-state index contributed by atoms with van der Waals surface area (Å²) in [6.45, 7) is 8.83. The van der Waals surface area contributed by atoms with E-state index < -0.39 is 0 Å². The van der Waals surface area contributed by atoms with Crippen molar-refractivity contribution in [3.63, 3.8) is 0 Å². The fourth-order valence-electron chi connectivity index (χ4n) is 2.60. The Balaban J connectivity index is 2.62. The maximum atomic E-state index is 6.27. The van der Waals surface area contributed by atoms with E-state index >= 15 is 0 Å². The largest absolute Gasteiger partial charge is 0.380 e. The number of hydrogen-bond acceptors (Lipinski definition) is 1. The molecule has 0 amide bonds. The molecule has 88 valence electrons. The summed E-state index contributed by atoms with van der Waals surface area (Å²) in [4.78, 5) is 0. The predicted octanol–water partition coefficient (Wildman–Crippen LogP) is 5.11. The van der Waals surface area contributed by atoms with Crippen LogP contribution in [0, 0.1) is 6.92 Å². The summed E-state index contributed by atoms with van der Waals surface area (Å²) >= 11 is 9.79. The molecule has 0 bridgehead atoms. The summed E-state index contributed by atoms with van der Waals surface area (Å²) in [7, 11) is 0. The standard InChI is InChI=1S/C13H17BrClN/c1-7-6-13(3,4)16-12-8(2)11(15)10(14)5-9(7)12/h5,7,16H,6H2,1-4H3. The molecule has 1 aromatic rings. The van der Waals surface area contributed by atoms with Gasteiger partial charge < -0.3 is 5.32 Å². The summed E-state index contributed by atoms with van der Waals surface area (Å²) in [5, 5.41) is 4.41. The Morgan fingerprint density at radius 1 is 1.50 bits per heavy atom. The molecule has 0 aliphatic carbocycles. The average molecular weight is 303 g/mol. The van der Waals surface area contributed by atoms with E-state index in [1.165, 1.54) is 11.3 Å². The third-order valence-electron chi connectivity index (χ3n) is 3.30. The molecule has 3 heteroatoms. The van der Waals surface area contributed by atoms with E-state index in [0.717, 1.165) is 21.5 Å². The van der Waals surface area contributed by atoms with Gasteiger partial charge in [0.25, 0.3) is 0 Å². The molecule has 0 aromatic heterocycles. The highest BCUT2D eigenvalue weighted by Gasteiger charge is 2.31. The monoisotopic (exact) mass is 301 g/mol. The molecule has 1 heterocycles. The lowest BCUT2D eigenvalue weighted by atomic mass is 9.81. The number of benzene rings is 1. The number of hydrogen-bond donors (Lipinski definition) is 1. The summed E-state index contributed by atoms with van der Waals surface area (Å²) in [5.41, 5.74) is 3.88. The highest BCUT2D eigenvalue weighted by Crippen LogP contribution is 2.44. The van der Waals surface area contributed by atoms with Gasteiger partial charge in [-0.1, -0.05) is 18.5 Å². The molecule has 0 radical (unpaired) electrons. The van der Waals surface area contributed by atoms with Crippen LogP contribution in [0.2, 0.25) is 5.02 Å². The van der Waals surface area contributed by atoms with Gasteiger partial charge in [-0.2, -0.15) is 0 Å². The molecule has 1 nitrogen and oxygen atoms in total. The molecule has 1 N–H and O–H groups in total. The molecule has 1 aliphatic rings. The lowest BCUT2D eigenvalue weighted by Crippen LogP contribution is -2.37. The maximum Gasteiger partial charge on any atom is 0.0598 e. The van der Waals surface area contributed by atoms with Crippen LogP contribution in [-0.2, 0) is 0 Å². The minimum atomic E-state index is 0.147. The lowest BCUT2D eigenvalue weighted by Gasteiger charge is -2.38. The third-order valence-corrected chi connectivity index (χ3v) is 4.64. The van der Waals surface area contributed by atoms with Crippen LogP contribution in [-0.4, -0.2) is 5.54 Å². The second-order valence-electron chi connectivity index (χ2n) is 5.38. The Kier molecular flexibility index (Phi) is 3.00. The Labute approximate surface area is 111 Å². The van der Waals surface area contributed by atoms with Crippen molar-refractivity contribution in [3.8, 4) is 0 Å². The molecule has 1 atom stereocenters. The van der Waals surface area contributed by atoms with E-state index in [1.54, 1.807) is 0 Å². The first-order valence-electron chi connectivity index (χ1n) is 5.58. The van der Waals surface area contributed by atoms with Gasteiger partial charge in [-0.25, -0.2) is 0 Å². The highest BCUT2D eigenvalue weighted by molar-refractivity contribution is 9.10. The minimum Gasteiger partial charge on any atom is -0.380 e. The summed E-state index contributed by atoms with van der Waals surface area (Å²) in [6, 6.07) is 2.15. The van der Waals surface area contributed by atoms with Crippen molar-refractivity contribution in [2.24, 2.45) is 0 Å². The number of nitrogens with one attached hydrogen (secondary N) is 1. The molecule has 16 heavy (non-hydrogen) atoms. The van der Waals surface area contributed by atoms with E-state index in [-0.39, 0.29) is 5.54 Å². The van der Waals surface area contributed by atoms with E-state index in [4.69, 9.17) is 11.6 Å². The van der Waals surface area contributed by atoms with Gasteiger partial charge >= 0.3 is 0 Å². The lowest BCUT2D eigenvalue weighted by molar-refractivity contribution is 0.453. The predicted molar refractivity (Wildman–Crippen MR) is 74.6 cm³/mol. The van der Waals surface area contributed by atoms with Crippen LogP contribution in [0.4, 0.5) is 5.69 Å². The van der Waals surface area contributed by atoms with Crippen LogP contribution in [0.25, 0.3) is 0 Å². The normalized spacial score (nSPS) is 22.5. The summed E-state index contributed by atoms with van der Waals surface area (Å²) < 4.78 is 0.999. The zero-order valence-corrected chi connectivity index (χ0v) is 12.5. The highest BCUT2D eigenvalue weighted by atomic mass is 79.9. The van der Waals surface area contributed by atoms with Crippen LogP contribution in [0.1, 0.15) is 44.2 Å². The van der Waals surface area contributed by atoms with Crippen molar-refractivity contribution >= 4 is 33.2 Å². The van der Waals surface area contributed by atoms with Gasteiger partial charge in [0.1, 0.15) is 0 Å². The van der Waals surface area contributed by atoms with Crippen molar-refractivity contribution < 1.29 is 0 Å². The smallest absolute Gasteiger partial charge is 0.0598 e. The third kappa shape index (κ3) is 1.98. The molecule has 0 saturated heterocycles. The van der Waals surface area contributed by atoms with Crippen LogP contribution in [0.15, 0.2) is 10.5 Å². The van der Waals surface area contributed by atoms with Gasteiger partial charge in [0.2, 0.25) is 0 Å². The molecular weight excluding hydrogens is 286 g/mol. The summed E-state index contributed by atoms with van der Waals surface area (Å²) in [6.07, 6.45) is 1.15. The molecule has 0 fully saturated rings. The molecule has 0 saturated carbocycles. The molecule has 1 aliphatic heterocycles. The Bertz CT molecular complexity index is 440. The number of anilines is 1. The zero-order chi connectivity index (χ0) is 12.1. The summed E-state index contributed by atoms with van der Waals surface area (Å²) in [5.74, 6) is 0.568. The Hall–Kier alpha value is -0.210. The molecule has 1 aromatic carbocycles. The quantitative estimate of drug-likeness (QED) is 0.702. The first kappa shape index (κ1) is 12.3.